The molecule has 3 aliphatic rings. The summed E-state index contributed by atoms with van der Waals surface area (Å²) in [5.74, 6) is 0.165. The van der Waals surface area contributed by atoms with Gasteiger partial charge in [-0.2, -0.15) is 0 Å². The van der Waals surface area contributed by atoms with Crippen LogP contribution in [0.15, 0.2) is 18.2 Å². The quantitative estimate of drug-likeness (QED) is 0.910. The molecule has 1 saturated carbocycles. The summed E-state index contributed by atoms with van der Waals surface area (Å²) in [6, 6.07) is 4.88. The summed E-state index contributed by atoms with van der Waals surface area (Å²) in [7, 11) is 0. The first-order valence-corrected chi connectivity index (χ1v) is 8.46. The van der Waals surface area contributed by atoms with Crippen LogP contribution in [0.25, 0.3) is 0 Å². The SMILES string of the molecule is O=C(O)[C@@H]1C[C@H]2CCCC[C@@H]2N1C(=O)c1ccc2c(c1)CCO2. The number of aliphatic carboxylic acids is 1. The fourth-order valence-electron chi connectivity index (χ4n) is 4.44. The van der Waals surface area contributed by atoms with Gasteiger partial charge in [0.2, 0.25) is 0 Å². The maximum absolute atomic E-state index is 13.0. The van der Waals surface area contributed by atoms with Crippen molar-refractivity contribution in [2.24, 2.45) is 5.92 Å². The number of amides is 1. The number of carboxylic acid groups (broad SMARTS) is 1. The van der Waals surface area contributed by atoms with Crippen molar-refractivity contribution in [3.05, 3.63) is 29.3 Å². The van der Waals surface area contributed by atoms with Crippen LogP contribution < -0.4 is 4.74 Å². The summed E-state index contributed by atoms with van der Waals surface area (Å²) in [5, 5.41) is 9.57. The number of likely N-dealkylation sites (tertiary alicyclic amines) is 1. The predicted molar refractivity (Wildman–Crippen MR) is 83.6 cm³/mol. The van der Waals surface area contributed by atoms with Crippen LogP contribution in [-0.4, -0.2) is 40.6 Å². The molecule has 0 spiro atoms. The lowest BCUT2D eigenvalue weighted by atomic mass is 9.84. The number of carbonyl (C=O) groups excluding carboxylic acids is 1. The van der Waals surface area contributed by atoms with E-state index in [4.69, 9.17) is 4.74 Å². The van der Waals surface area contributed by atoms with Crippen LogP contribution in [0.3, 0.4) is 0 Å². The molecule has 3 atom stereocenters. The molecular formula is C18H21NO4. The van der Waals surface area contributed by atoms with Gasteiger partial charge in [-0.25, -0.2) is 4.79 Å². The molecule has 0 aromatic heterocycles. The maximum Gasteiger partial charge on any atom is 0.326 e. The molecule has 122 valence electrons. The first kappa shape index (κ1) is 14.5. The minimum Gasteiger partial charge on any atom is -0.493 e. The van der Waals surface area contributed by atoms with Gasteiger partial charge in [0.15, 0.2) is 0 Å². The minimum absolute atomic E-state index is 0.0851. The van der Waals surface area contributed by atoms with E-state index in [0.717, 1.165) is 43.4 Å². The van der Waals surface area contributed by atoms with Crippen LogP contribution >= 0.6 is 0 Å². The van der Waals surface area contributed by atoms with Crippen LogP contribution in [0.5, 0.6) is 5.75 Å². The average molecular weight is 315 g/mol. The Bertz CT molecular complexity index is 656. The van der Waals surface area contributed by atoms with Crippen molar-refractivity contribution in [2.45, 2.75) is 50.6 Å². The zero-order chi connectivity index (χ0) is 16.0. The van der Waals surface area contributed by atoms with Crippen LogP contribution in [0.2, 0.25) is 0 Å². The Morgan fingerprint density at radius 3 is 2.87 bits per heavy atom. The van der Waals surface area contributed by atoms with E-state index in [9.17, 15) is 14.7 Å². The molecule has 1 aromatic carbocycles. The van der Waals surface area contributed by atoms with Crippen molar-refractivity contribution >= 4 is 11.9 Å². The van der Waals surface area contributed by atoms with Crippen molar-refractivity contribution in [3.8, 4) is 5.75 Å². The van der Waals surface area contributed by atoms with Crippen LogP contribution in [0.4, 0.5) is 0 Å². The highest BCUT2D eigenvalue weighted by atomic mass is 16.5. The van der Waals surface area contributed by atoms with E-state index in [1.165, 1.54) is 0 Å². The Hall–Kier alpha value is -2.04. The van der Waals surface area contributed by atoms with Gasteiger partial charge < -0.3 is 14.7 Å². The molecule has 0 radical (unpaired) electrons. The van der Waals surface area contributed by atoms with Gasteiger partial charge in [-0.1, -0.05) is 12.8 Å². The maximum atomic E-state index is 13.0. The van der Waals surface area contributed by atoms with E-state index in [1.54, 1.807) is 11.0 Å². The van der Waals surface area contributed by atoms with Gasteiger partial charge in [0.05, 0.1) is 6.61 Å². The molecule has 1 saturated heterocycles. The van der Waals surface area contributed by atoms with Crippen molar-refractivity contribution < 1.29 is 19.4 Å². The molecule has 5 heteroatoms. The number of hydrogen-bond acceptors (Lipinski definition) is 3. The second-order valence-corrected chi connectivity index (χ2v) is 6.84. The molecule has 1 amide bonds. The smallest absolute Gasteiger partial charge is 0.326 e. The number of benzene rings is 1. The Morgan fingerprint density at radius 1 is 1.22 bits per heavy atom. The van der Waals surface area contributed by atoms with E-state index in [-0.39, 0.29) is 11.9 Å². The highest BCUT2D eigenvalue weighted by Crippen LogP contribution is 2.40. The molecular weight excluding hydrogens is 294 g/mol. The van der Waals surface area contributed by atoms with Gasteiger partial charge in [0, 0.05) is 18.0 Å². The molecule has 23 heavy (non-hydrogen) atoms. The number of ether oxygens (including phenoxy) is 1. The molecule has 1 aromatic rings. The van der Waals surface area contributed by atoms with Crippen molar-refractivity contribution in [2.75, 3.05) is 6.61 Å². The summed E-state index contributed by atoms with van der Waals surface area (Å²) in [6.45, 7) is 0.652. The largest absolute Gasteiger partial charge is 0.493 e. The third kappa shape index (κ3) is 2.38. The summed E-state index contributed by atoms with van der Waals surface area (Å²) in [4.78, 5) is 26.4. The molecule has 5 nitrogen and oxygen atoms in total. The van der Waals surface area contributed by atoms with Gasteiger partial charge in [-0.3, -0.25) is 4.79 Å². The molecule has 2 fully saturated rings. The lowest BCUT2D eigenvalue weighted by Gasteiger charge is -2.33. The lowest BCUT2D eigenvalue weighted by molar-refractivity contribution is -0.141. The summed E-state index contributed by atoms with van der Waals surface area (Å²) >= 11 is 0. The predicted octanol–water partition coefficient (Wildman–Crippen LogP) is 2.48. The third-order valence-corrected chi connectivity index (χ3v) is 5.54. The second-order valence-electron chi connectivity index (χ2n) is 6.84. The normalized spacial score (nSPS) is 28.9. The number of hydrogen-bond donors (Lipinski definition) is 1. The molecule has 1 N–H and O–H groups in total. The standard InChI is InChI=1S/C18H21NO4/c20-17(13-5-6-16-12(9-13)7-8-23-16)19-14-4-2-1-3-11(14)10-15(19)18(21)22/h5-6,9,11,14-15H,1-4,7-8,10H2,(H,21,22)/t11-,14+,15+/m1/s1. The van der Waals surface area contributed by atoms with Crippen LogP contribution in [-0.2, 0) is 11.2 Å². The van der Waals surface area contributed by atoms with Gasteiger partial charge in [0.25, 0.3) is 5.91 Å². The van der Waals surface area contributed by atoms with Crippen LogP contribution in [0, 0.1) is 5.92 Å². The van der Waals surface area contributed by atoms with Gasteiger partial charge >= 0.3 is 5.97 Å². The summed E-state index contributed by atoms with van der Waals surface area (Å²) < 4.78 is 5.48. The van der Waals surface area contributed by atoms with Gasteiger partial charge in [0.1, 0.15) is 11.8 Å². The number of carbonyl (C=O) groups is 2. The molecule has 1 aliphatic carbocycles. The van der Waals surface area contributed by atoms with E-state index >= 15 is 0 Å². The minimum atomic E-state index is -0.878. The van der Waals surface area contributed by atoms with E-state index in [1.807, 2.05) is 12.1 Å². The number of carboxylic acids is 1. The summed E-state index contributed by atoms with van der Waals surface area (Å²) in [6.07, 6.45) is 5.59. The Balaban J connectivity index is 1.66. The highest BCUT2D eigenvalue weighted by Gasteiger charge is 2.47. The third-order valence-electron chi connectivity index (χ3n) is 5.54. The van der Waals surface area contributed by atoms with Crippen molar-refractivity contribution in [1.82, 2.24) is 4.90 Å². The van der Waals surface area contributed by atoms with E-state index in [0.29, 0.717) is 24.5 Å². The highest BCUT2D eigenvalue weighted by molar-refractivity contribution is 5.97. The average Bonchev–Trinajstić information content (AvgIpc) is 3.17. The lowest BCUT2D eigenvalue weighted by Crippen LogP contribution is -2.46. The Labute approximate surface area is 135 Å². The first-order chi connectivity index (χ1) is 11.1. The zero-order valence-electron chi connectivity index (χ0n) is 13.0. The van der Waals surface area contributed by atoms with Crippen molar-refractivity contribution in [1.29, 1.82) is 0 Å². The number of nitrogens with zero attached hydrogens (tertiary/aromatic N) is 1. The molecule has 2 heterocycles. The Kier molecular flexibility index (Phi) is 3.51. The second kappa shape index (κ2) is 5.55. The van der Waals surface area contributed by atoms with Crippen LogP contribution in [0.1, 0.15) is 48.0 Å². The monoisotopic (exact) mass is 315 g/mol. The summed E-state index contributed by atoms with van der Waals surface area (Å²) in [5.41, 5.74) is 1.63. The first-order valence-electron chi connectivity index (χ1n) is 8.46. The van der Waals surface area contributed by atoms with Gasteiger partial charge in [-0.05, 0) is 48.9 Å². The zero-order valence-corrected chi connectivity index (χ0v) is 13.0. The Morgan fingerprint density at radius 2 is 2.04 bits per heavy atom. The van der Waals surface area contributed by atoms with E-state index in [2.05, 4.69) is 0 Å². The molecule has 0 unspecified atom stereocenters. The fraction of sp³-hybridized carbons (Fsp3) is 0.556. The fourth-order valence-corrected chi connectivity index (χ4v) is 4.44. The number of rotatable bonds is 2. The molecule has 4 rings (SSSR count). The topological polar surface area (TPSA) is 66.8 Å². The number of fused-ring (bicyclic) bond motifs is 2. The van der Waals surface area contributed by atoms with Crippen molar-refractivity contribution in [3.63, 3.8) is 0 Å². The van der Waals surface area contributed by atoms with Gasteiger partial charge in [-0.15, -0.1) is 0 Å². The molecule has 2 aliphatic heterocycles. The van der Waals surface area contributed by atoms with E-state index < -0.39 is 12.0 Å². The molecule has 0 bridgehead atoms.